The predicted molar refractivity (Wildman–Crippen MR) is 414 cm³/mol. The maximum absolute atomic E-state index is 14.7. The number of hydrogen-bond acceptors (Lipinski definition) is 30. The van der Waals surface area contributed by atoms with E-state index in [9.17, 15) is 86.7 Å². The van der Waals surface area contributed by atoms with E-state index in [1.807, 2.05) is 60.7 Å². The number of H-pyrrole nitrogens is 5. The van der Waals surface area contributed by atoms with Gasteiger partial charge in [0.05, 0.1) is 67.2 Å². The van der Waals surface area contributed by atoms with Gasteiger partial charge in [0, 0.05) is 90.9 Å². The van der Waals surface area contributed by atoms with Crippen LogP contribution in [0.2, 0.25) is 0 Å². The molecule has 0 saturated carbocycles. The lowest BCUT2D eigenvalue weighted by Crippen LogP contribution is -2.39. The van der Waals surface area contributed by atoms with Gasteiger partial charge in [0.2, 0.25) is 0 Å². The number of benzene rings is 3. The van der Waals surface area contributed by atoms with E-state index in [0.717, 1.165) is 41.4 Å². The van der Waals surface area contributed by atoms with Crippen molar-refractivity contribution in [3.63, 3.8) is 0 Å². The molecule has 0 bridgehead atoms. The lowest BCUT2D eigenvalue weighted by atomic mass is 9.80. The van der Waals surface area contributed by atoms with Gasteiger partial charge >= 0.3 is 28.4 Å². The quantitative estimate of drug-likeness (QED) is 0.0247. The minimum atomic E-state index is -4.96. The molecule has 0 amide bonds. The summed E-state index contributed by atoms with van der Waals surface area (Å²) in [6, 6.07) is 25.3. The van der Waals surface area contributed by atoms with E-state index in [0.29, 0.717) is 22.4 Å². The lowest BCUT2D eigenvalue weighted by molar-refractivity contribution is -0.0911. The molecule has 10 heterocycles. The van der Waals surface area contributed by atoms with Crippen LogP contribution in [0.3, 0.4) is 0 Å². The van der Waals surface area contributed by atoms with Crippen molar-refractivity contribution in [3.05, 3.63) is 265 Å². The van der Waals surface area contributed by atoms with Crippen LogP contribution >= 0.6 is 0 Å². The molecule has 40 nitrogen and oxygen atoms in total. The number of ether oxygens (including phenoxy) is 7. The minimum absolute atomic E-state index is 0.00126. The number of aliphatic hydroxyl groups excluding tert-OH is 1. The topological polar surface area (TPSA) is 533 Å². The number of nitrogens with zero attached hydrogens (tertiary/aromatic N) is 5. The third-order valence-corrected chi connectivity index (χ3v) is 26.3. The predicted octanol–water partition coefficient (Wildman–Crippen LogP) is 0.516. The summed E-state index contributed by atoms with van der Waals surface area (Å²) in [5, 5.41) is 10.9. The molecule has 0 unspecified atom stereocenters. The molecule has 5 aliphatic rings. The highest BCUT2D eigenvalue weighted by Gasteiger charge is 2.49. The second kappa shape index (κ2) is 34.9. The number of aliphatic hydroxyl groups is 1. The van der Waals surface area contributed by atoms with E-state index in [-0.39, 0.29) is 40.7 Å². The number of methoxy groups -OCH3 is 1. The van der Waals surface area contributed by atoms with Crippen LogP contribution in [0.15, 0.2) is 164 Å². The Hall–Kier alpha value is -9.78. The first-order valence-corrected chi connectivity index (χ1v) is 43.7. The Morgan fingerprint density at radius 2 is 0.619 bits per heavy atom. The maximum Gasteiger partial charge on any atom is 0.330 e. The van der Waals surface area contributed by atoms with Crippen LogP contribution in [0.5, 0.6) is 5.75 Å². The number of rotatable bonds is 32. The van der Waals surface area contributed by atoms with Gasteiger partial charge in [0.1, 0.15) is 73.0 Å². The standard InChI is InChI=1S/C74H86N10O30S4/c1-40-34-80(69(91)75-64(40)86)59-29-49(85)50(106-59)21-25-115(96,97)111-54-30-60(81-35-41(2)65(87)76-70(81)92)107-51(54)22-26-116(98,99)112-55-31-61(82-36-42(3)66(88)77-71(82)93)108-52(55)23-27-117(100,101)113-56-32-62(83-37-43(4)67(89)78-72(83)94)109-53(56)24-28-118(102,103)114-57-33-63(84-38-44(5)68(90)79-73(84)95)110-58(57)39-105-74(45-13-9-7-10-14-45,46-15-11-8-12-16-46)47-17-19-48(104-6)20-18-47/h7-20,34-38,49-63,85H,21-33,39H2,1-6H3,(H,75,86,91)(H,76,87,92)(H,77,88,93)(H,78,89,94)(H,79,90,95)/t49-,50+,51+,52+,53+,54-,55-,56-,57-,58+,59+,60+,61+,62+,63+/m0/s1. The fraction of sp³-hybridized carbons (Fsp3) is 0.486. The van der Waals surface area contributed by atoms with E-state index < -0.39 is 269 Å². The van der Waals surface area contributed by atoms with Crippen molar-refractivity contribution in [2.45, 2.75) is 190 Å². The Morgan fingerprint density at radius 3 is 0.915 bits per heavy atom. The van der Waals surface area contributed by atoms with E-state index in [2.05, 4.69) is 24.9 Å². The fourth-order valence-corrected chi connectivity index (χ4v) is 19.9. The van der Waals surface area contributed by atoms with Gasteiger partial charge < -0.3 is 38.3 Å². The summed E-state index contributed by atoms with van der Waals surface area (Å²) in [5.74, 6) is -3.28. The molecule has 118 heavy (non-hydrogen) atoms. The Kier molecular flexibility index (Phi) is 25.4. The molecule has 0 spiro atoms. The number of aromatic nitrogens is 10. The third kappa shape index (κ3) is 19.4. The van der Waals surface area contributed by atoms with Crippen molar-refractivity contribution < 1.29 is 88.7 Å². The summed E-state index contributed by atoms with van der Waals surface area (Å²) in [4.78, 5) is 139. The zero-order valence-corrected chi connectivity index (χ0v) is 67.5. The highest BCUT2D eigenvalue weighted by Crippen LogP contribution is 2.44. The lowest BCUT2D eigenvalue weighted by Gasteiger charge is -2.37. The van der Waals surface area contributed by atoms with Crippen molar-refractivity contribution >= 4 is 40.5 Å². The van der Waals surface area contributed by atoms with Crippen LogP contribution in [0.4, 0.5) is 0 Å². The summed E-state index contributed by atoms with van der Waals surface area (Å²) in [6.45, 7) is 6.56. The normalized spacial score (nSPS) is 25.1. The van der Waals surface area contributed by atoms with Crippen LogP contribution in [-0.2, 0) is 91.2 Å². The maximum atomic E-state index is 14.7. The zero-order valence-electron chi connectivity index (χ0n) is 64.2. The van der Waals surface area contributed by atoms with Crippen molar-refractivity contribution in [1.82, 2.24) is 47.8 Å². The molecule has 5 fully saturated rings. The first-order valence-electron chi connectivity index (χ1n) is 37.4. The van der Waals surface area contributed by atoms with Gasteiger partial charge in [0.25, 0.3) is 68.3 Å². The number of hydrogen-bond donors (Lipinski definition) is 6. The van der Waals surface area contributed by atoms with Crippen molar-refractivity contribution in [2.75, 3.05) is 36.7 Å². The van der Waals surface area contributed by atoms with Gasteiger partial charge in [-0.05, 0) is 89.1 Å². The SMILES string of the molecule is COc1ccc(C(OC[C@H]2O[C@@H](n3cc(C)c(=O)[nH]c3=O)C[C@@H]2OS(=O)(=O)CC[C@H]2O[C@@H](n3cc(C)c(=O)[nH]c3=O)C[C@@H]2OS(=O)(=O)CC[C@H]2O[C@@H](n3cc(C)c(=O)[nH]c3=O)C[C@@H]2OS(=O)(=O)CC[C@H]2O[C@@H](n3cc(C)c(=O)[nH]c3=O)C[C@@H]2OS(=O)(=O)CC[C@H]2O[C@@H](n3cc(C)c(=O)[nH]c3=O)C[C@@H]2O)(c2ccccc2)c2ccccc2)cc1. The average molecular weight is 1720 g/mol. The van der Waals surface area contributed by atoms with E-state index >= 15 is 0 Å². The Labute approximate surface area is 670 Å². The van der Waals surface area contributed by atoms with E-state index in [1.54, 1.807) is 24.3 Å². The Bertz CT molecular complexity index is 6150. The molecule has 5 aromatic heterocycles. The summed E-state index contributed by atoms with van der Waals surface area (Å²) in [6.07, 6.45) is -19.8. The smallest absolute Gasteiger partial charge is 0.330 e. The summed E-state index contributed by atoms with van der Waals surface area (Å²) < 4.78 is 187. The van der Waals surface area contributed by atoms with Gasteiger partial charge in [0.15, 0.2) is 0 Å². The van der Waals surface area contributed by atoms with Gasteiger partial charge in [-0.1, -0.05) is 72.8 Å². The largest absolute Gasteiger partial charge is 0.497 e. The molecule has 8 aromatic rings. The van der Waals surface area contributed by atoms with Crippen molar-refractivity contribution in [1.29, 1.82) is 0 Å². The molecule has 15 atom stereocenters. The minimum Gasteiger partial charge on any atom is -0.497 e. The first-order chi connectivity index (χ1) is 55.8. The molecular formula is C74H86N10O30S4. The molecule has 44 heteroatoms. The Balaban J connectivity index is 0.726. The highest BCUT2D eigenvalue weighted by molar-refractivity contribution is 7.87. The monoisotopic (exact) mass is 1720 g/mol. The highest BCUT2D eigenvalue weighted by atomic mass is 32.2. The van der Waals surface area contributed by atoms with E-state index in [4.69, 9.17) is 49.9 Å². The molecule has 5 aliphatic heterocycles. The second-order valence-electron chi connectivity index (χ2n) is 29.5. The van der Waals surface area contributed by atoms with Gasteiger partial charge in [-0.25, -0.2) is 24.0 Å². The summed E-state index contributed by atoms with van der Waals surface area (Å²) in [5.41, 5.74) is -7.59. The molecule has 13 rings (SSSR count). The van der Waals surface area contributed by atoms with Crippen LogP contribution in [0, 0.1) is 34.6 Å². The average Bonchev–Trinajstić information content (AvgIpc) is 1.22. The van der Waals surface area contributed by atoms with E-state index in [1.165, 1.54) is 54.1 Å². The van der Waals surface area contributed by atoms with Crippen LogP contribution in [0.1, 0.15) is 133 Å². The van der Waals surface area contributed by atoms with Crippen molar-refractivity contribution in [3.8, 4) is 5.75 Å². The molecule has 636 valence electrons. The van der Waals surface area contributed by atoms with Crippen molar-refractivity contribution in [2.24, 2.45) is 0 Å². The van der Waals surface area contributed by atoms with Gasteiger partial charge in [-0.15, -0.1) is 0 Å². The number of aryl methyl sites for hydroxylation is 5. The third-order valence-electron chi connectivity index (χ3n) is 21.2. The number of nitrogens with one attached hydrogen (secondary N) is 5. The zero-order chi connectivity index (χ0) is 84.7. The number of aromatic amines is 5. The molecular weight excluding hydrogens is 1640 g/mol. The second-order valence-corrected chi connectivity index (χ2v) is 36.3. The molecule has 0 aliphatic carbocycles. The summed E-state index contributed by atoms with van der Waals surface area (Å²) in [7, 11) is -17.9. The molecule has 5 saturated heterocycles. The van der Waals surface area contributed by atoms with Crippen LogP contribution in [-0.4, -0.2) is 184 Å². The molecule has 0 radical (unpaired) electrons. The Morgan fingerprint density at radius 1 is 0.364 bits per heavy atom. The van der Waals surface area contributed by atoms with Crippen LogP contribution in [0.25, 0.3) is 0 Å². The summed E-state index contributed by atoms with van der Waals surface area (Å²) >= 11 is 0. The van der Waals surface area contributed by atoms with Gasteiger partial charge in [-0.3, -0.25) is 88.5 Å². The van der Waals surface area contributed by atoms with Gasteiger partial charge in [-0.2, -0.15) is 33.7 Å². The molecule has 6 N–H and O–H groups in total. The first kappa shape index (κ1) is 86.1. The fourth-order valence-electron chi connectivity index (χ4n) is 15.1. The van der Waals surface area contributed by atoms with Crippen LogP contribution < -0.4 is 61.0 Å². The molecule has 3 aromatic carbocycles.